The molecule has 0 bridgehead atoms. The first-order chi connectivity index (χ1) is 14.8. The fraction of sp³-hybridized carbons (Fsp3) is 0.238. The van der Waals surface area contributed by atoms with Crippen LogP contribution in [0.1, 0.15) is 33.8 Å². The molecule has 0 fully saturated rings. The molecule has 162 valence electrons. The number of carboxylic acids is 1. The number of nitrogens with zero attached hydrogens (tertiary/aromatic N) is 2. The molecule has 2 heterocycles. The first-order valence-electron chi connectivity index (χ1n) is 9.09. The minimum Gasteiger partial charge on any atom is -0.493 e. The first kappa shape index (κ1) is 21.6. The number of hydrogen-bond donors (Lipinski definition) is 2. The van der Waals surface area contributed by atoms with E-state index in [9.17, 15) is 24.6 Å². The fourth-order valence-electron chi connectivity index (χ4n) is 3.47. The van der Waals surface area contributed by atoms with Crippen LogP contribution in [0.25, 0.3) is 5.65 Å². The Hall–Kier alpha value is -4.08. The number of esters is 1. The van der Waals surface area contributed by atoms with Gasteiger partial charge in [0.25, 0.3) is 5.56 Å². The lowest BCUT2D eigenvalue weighted by molar-refractivity contribution is -0.140. The number of aromatic nitrogens is 2. The number of fused-ring (bicyclic) bond motifs is 1. The van der Waals surface area contributed by atoms with Gasteiger partial charge in [0, 0.05) is 12.1 Å². The molecule has 10 heteroatoms. The standard InChI is InChI=1S/C21H20N2O8/c1-29-13-8-7-11(16(21(27)28)18(13)31-3)12(10-15(24)30-2)17-19(25)22-14-6-4-5-9-23(14)20(17)26/h4-9,12,25H,10H2,1-3H3,(H,27,28). The average molecular weight is 428 g/mol. The van der Waals surface area contributed by atoms with Gasteiger partial charge in [-0.1, -0.05) is 12.1 Å². The number of benzene rings is 1. The van der Waals surface area contributed by atoms with Crippen molar-refractivity contribution in [3.8, 4) is 17.4 Å². The summed E-state index contributed by atoms with van der Waals surface area (Å²) in [4.78, 5) is 41.5. The predicted molar refractivity (Wildman–Crippen MR) is 108 cm³/mol. The van der Waals surface area contributed by atoms with E-state index in [4.69, 9.17) is 14.2 Å². The molecular formula is C21H20N2O8. The molecule has 3 rings (SSSR count). The molecule has 1 aromatic carbocycles. The first-order valence-corrected chi connectivity index (χ1v) is 9.09. The summed E-state index contributed by atoms with van der Waals surface area (Å²) in [6, 6.07) is 7.62. The van der Waals surface area contributed by atoms with Gasteiger partial charge >= 0.3 is 11.9 Å². The summed E-state index contributed by atoms with van der Waals surface area (Å²) >= 11 is 0. The third-order valence-corrected chi connectivity index (χ3v) is 4.86. The Morgan fingerprint density at radius 1 is 1.13 bits per heavy atom. The zero-order valence-electron chi connectivity index (χ0n) is 17.0. The average Bonchev–Trinajstić information content (AvgIpc) is 2.76. The molecule has 0 spiro atoms. The topological polar surface area (TPSA) is 137 Å². The second kappa shape index (κ2) is 8.74. The highest BCUT2D eigenvalue weighted by atomic mass is 16.5. The third kappa shape index (κ3) is 3.87. The quantitative estimate of drug-likeness (QED) is 0.540. The van der Waals surface area contributed by atoms with Crippen LogP contribution in [-0.2, 0) is 9.53 Å². The van der Waals surface area contributed by atoms with Crippen LogP contribution in [0, 0.1) is 0 Å². The molecule has 0 saturated carbocycles. The van der Waals surface area contributed by atoms with Gasteiger partial charge in [-0.05, 0) is 23.8 Å². The van der Waals surface area contributed by atoms with Crippen LogP contribution >= 0.6 is 0 Å². The van der Waals surface area contributed by atoms with Crippen molar-refractivity contribution in [2.24, 2.45) is 0 Å². The maximum atomic E-state index is 13.2. The molecule has 31 heavy (non-hydrogen) atoms. The van der Waals surface area contributed by atoms with Crippen molar-refractivity contribution in [3.05, 3.63) is 63.6 Å². The minimum absolute atomic E-state index is 0.0561. The molecular weight excluding hydrogens is 408 g/mol. The second-order valence-corrected chi connectivity index (χ2v) is 6.49. The summed E-state index contributed by atoms with van der Waals surface area (Å²) in [5.41, 5.74) is -0.961. The lowest BCUT2D eigenvalue weighted by Crippen LogP contribution is -2.25. The highest BCUT2D eigenvalue weighted by Gasteiger charge is 2.32. The maximum absolute atomic E-state index is 13.2. The number of rotatable bonds is 7. The summed E-state index contributed by atoms with van der Waals surface area (Å²) in [6.45, 7) is 0. The molecule has 0 aliphatic carbocycles. The Morgan fingerprint density at radius 3 is 2.48 bits per heavy atom. The number of carbonyl (C=O) groups is 2. The number of carbonyl (C=O) groups excluding carboxylic acids is 1. The molecule has 0 aliphatic rings. The molecule has 3 aromatic rings. The molecule has 2 aromatic heterocycles. The Kier molecular flexibility index (Phi) is 6.10. The van der Waals surface area contributed by atoms with Crippen molar-refractivity contribution in [1.29, 1.82) is 0 Å². The largest absolute Gasteiger partial charge is 0.493 e. The molecule has 0 radical (unpaired) electrons. The Balaban J connectivity index is 2.38. The molecule has 0 saturated heterocycles. The van der Waals surface area contributed by atoms with Crippen LogP contribution in [0.5, 0.6) is 17.4 Å². The monoisotopic (exact) mass is 428 g/mol. The lowest BCUT2D eigenvalue weighted by atomic mass is 9.85. The van der Waals surface area contributed by atoms with Crippen molar-refractivity contribution < 1.29 is 34.0 Å². The van der Waals surface area contributed by atoms with Crippen LogP contribution in [-0.4, -0.2) is 52.9 Å². The number of carboxylic acid groups (broad SMARTS) is 1. The van der Waals surface area contributed by atoms with Crippen LogP contribution in [0.4, 0.5) is 0 Å². The normalized spacial score (nSPS) is 11.7. The van der Waals surface area contributed by atoms with Crippen LogP contribution in [0.2, 0.25) is 0 Å². The SMILES string of the molecule is COC(=O)CC(c1ccc(OC)c(OC)c1C(=O)O)c1c(O)nc2ccccn2c1=O. The number of pyridine rings is 1. The van der Waals surface area contributed by atoms with Gasteiger partial charge in [-0.25, -0.2) is 4.79 Å². The van der Waals surface area contributed by atoms with Crippen molar-refractivity contribution >= 4 is 17.6 Å². The molecule has 1 unspecified atom stereocenters. The number of hydrogen-bond acceptors (Lipinski definition) is 8. The summed E-state index contributed by atoms with van der Waals surface area (Å²) in [7, 11) is 3.78. The summed E-state index contributed by atoms with van der Waals surface area (Å²) in [5, 5.41) is 20.5. The molecule has 10 nitrogen and oxygen atoms in total. The van der Waals surface area contributed by atoms with Crippen molar-refractivity contribution in [2.45, 2.75) is 12.3 Å². The molecule has 0 amide bonds. The second-order valence-electron chi connectivity index (χ2n) is 6.49. The van der Waals surface area contributed by atoms with E-state index >= 15 is 0 Å². The fourth-order valence-corrected chi connectivity index (χ4v) is 3.47. The van der Waals surface area contributed by atoms with Gasteiger partial charge in [0.15, 0.2) is 11.5 Å². The Morgan fingerprint density at radius 2 is 1.87 bits per heavy atom. The van der Waals surface area contributed by atoms with Gasteiger partial charge in [0.2, 0.25) is 5.88 Å². The zero-order valence-corrected chi connectivity index (χ0v) is 17.0. The van der Waals surface area contributed by atoms with Crippen molar-refractivity contribution in [2.75, 3.05) is 21.3 Å². The molecule has 2 N–H and O–H groups in total. The van der Waals surface area contributed by atoms with Crippen LogP contribution < -0.4 is 15.0 Å². The summed E-state index contributed by atoms with van der Waals surface area (Å²) < 4.78 is 16.3. The zero-order chi connectivity index (χ0) is 22.7. The Labute approximate surface area is 176 Å². The predicted octanol–water partition coefficient (Wildman–Crippen LogP) is 1.81. The van der Waals surface area contributed by atoms with Crippen molar-refractivity contribution in [1.82, 2.24) is 9.38 Å². The number of ether oxygens (including phenoxy) is 3. The van der Waals surface area contributed by atoms with Gasteiger partial charge < -0.3 is 24.4 Å². The molecule has 0 aliphatic heterocycles. The van der Waals surface area contributed by atoms with Crippen molar-refractivity contribution in [3.63, 3.8) is 0 Å². The maximum Gasteiger partial charge on any atom is 0.339 e. The van der Waals surface area contributed by atoms with E-state index in [2.05, 4.69) is 4.98 Å². The van der Waals surface area contributed by atoms with E-state index in [1.807, 2.05) is 0 Å². The number of aromatic carboxylic acids is 1. The van der Waals surface area contributed by atoms with E-state index in [-0.39, 0.29) is 33.8 Å². The van der Waals surface area contributed by atoms with Gasteiger partial charge in [-0.15, -0.1) is 0 Å². The minimum atomic E-state index is -1.37. The van der Waals surface area contributed by atoms with Gasteiger partial charge in [0.1, 0.15) is 11.2 Å². The summed E-state index contributed by atoms with van der Waals surface area (Å²) in [5.74, 6) is -3.82. The van der Waals surface area contributed by atoms with E-state index in [0.717, 1.165) is 7.11 Å². The van der Waals surface area contributed by atoms with Crippen LogP contribution in [0.3, 0.4) is 0 Å². The summed E-state index contributed by atoms with van der Waals surface area (Å²) in [6.07, 6.45) is 1.03. The number of aromatic hydroxyl groups is 1. The highest BCUT2D eigenvalue weighted by molar-refractivity contribution is 5.94. The van der Waals surface area contributed by atoms with E-state index < -0.39 is 35.7 Å². The lowest BCUT2D eigenvalue weighted by Gasteiger charge is -2.21. The Bertz CT molecular complexity index is 1220. The smallest absolute Gasteiger partial charge is 0.339 e. The van der Waals surface area contributed by atoms with Crippen LogP contribution in [0.15, 0.2) is 41.3 Å². The van der Waals surface area contributed by atoms with E-state index in [1.54, 1.807) is 12.1 Å². The highest BCUT2D eigenvalue weighted by Crippen LogP contribution is 2.40. The van der Waals surface area contributed by atoms with E-state index in [0.29, 0.717) is 0 Å². The molecule has 1 atom stereocenters. The van der Waals surface area contributed by atoms with Gasteiger partial charge in [0.05, 0.1) is 33.3 Å². The number of methoxy groups -OCH3 is 3. The van der Waals surface area contributed by atoms with E-state index in [1.165, 1.54) is 43.0 Å². The third-order valence-electron chi connectivity index (χ3n) is 4.86. The van der Waals surface area contributed by atoms with Gasteiger partial charge in [-0.2, -0.15) is 4.98 Å². The van der Waals surface area contributed by atoms with Gasteiger partial charge in [-0.3, -0.25) is 14.0 Å².